The predicted octanol–water partition coefficient (Wildman–Crippen LogP) is 5.23. The monoisotopic (exact) mass is 648 g/mol. The molecular weight excluding hydrogens is 604 g/mol. The molecule has 0 radical (unpaired) electrons. The Morgan fingerprint density at radius 3 is 2.02 bits per heavy atom. The summed E-state index contributed by atoms with van der Waals surface area (Å²) in [5.74, 6) is -4.17. The third kappa shape index (κ3) is 9.50. The van der Waals surface area contributed by atoms with E-state index < -0.39 is 50.8 Å². The van der Waals surface area contributed by atoms with Gasteiger partial charge in [-0.25, -0.2) is 13.6 Å². The summed E-state index contributed by atoms with van der Waals surface area (Å²) in [5.41, 5.74) is 0.608. The van der Waals surface area contributed by atoms with Crippen molar-refractivity contribution < 1.29 is 32.4 Å². The van der Waals surface area contributed by atoms with Gasteiger partial charge in [-0.1, -0.05) is 89.2 Å². The van der Waals surface area contributed by atoms with Crippen LogP contribution in [0.5, 0.6) is 0 Å². The Morgan fingerprint density at radius 1 is 0.826 bits per heavy atom. The second kappa shape index (κ2) is 15.0. The van der Waals surface area contributed by atoms with E-state index in [0.29, 0.717) is 11.1 Å². The van der Waals surface area contributed by atoms with Crippen LogP contribution in [0.2, 0.25) is 0 Å². The largest absolute Gasteiger partial charge is 0.346 e. The molecule has 0 fully saturated rings. The Labute approximate surface area is 271 Å². The number of nitrogens with one attached hydrogen (secondary N) is 1. The molecule has 3 rings (SSSR count). The number of hydrogen-bond acceptors (Lipinski definition) is 7. The highest BCUT2D eigenvalue weighted by Crippen LogP contribution is 2.32. The molecule has 0 aliphatic rings. The molecule has 46 heavy (non-hydrogen) atoms. The van der Waals surface area contributed by atoms with Crippen LogP contribution in [0.25, 0.3) is 10.8 Å². The third-order valence-corrected chi connectivity index (χ3v) is 9.34. The number of ketones is 4. The maximum Gasteiger partial charge on any atom is 0.238 e. The normalized spacial score (nSPS) is 14.0. The van der Waals surface area contributed by atoms with Crippen LogP contribution in [0, 0.1) is 23.2 Å². The molecule has 3 aromatic carbocycles. The van der Waals surface area contributed by atoms with Crippen molar-refractivity contribution in [1.82, 2.24) is 5.32 Å². The zero-order valence-corrected chi connectivity index (χ0v) is 28.1. The van der Waals surface area contributed by atoms with Gasteiger partial charge in [0.2, 0.25) is 21.7 Å². The summed E-state index contributed by atoms with van der Waals surface area (Å²) in [6.07, 6.45) is -0.153. The average molecular weight is 649 g/mol. The van der Waals surface area contributed by atoms with E-state index in [2.05, 4.69) is 5.32 Å². The zero-order chi connectivity index (χ0) is 34.4. The highest BCUT2D eigenvalue weighted by Gasteiger charge is 2.36. The molecule has 3 atom stereocenters. The Bertz CT molecular complexity index is 1720. The van der Waals surface area contributed by atoms with Crippen molar-refractivity contribution in [1.29, 1.82) is 0 Å². The van der Waals surface area contributed by atoms with Gasteiger partial charge in [-0.3, -0.25) is 24.0 Å². The number of hydrogen-bond donors (Lipinski definition) is 2. The van der Waals surface area contributed by atoms with Gasteiger partial charge >= 0.3 is 0 Å². The number of benzene rings is 3. The summed E-state index contributed by atoms with van der Waals surface area (Å²) in [6, 6.07) is 17.9. The number of fused-ring (bicyclic) bond motifs is 1. The summed E-state index contributed by atoms with van der Waals surface area (Å²) in [6.45, 7) is 10.7. The summed E-state index contributed by atoms with van der Waals surface area (Å²) in [5, 5.41) is 9.62. The summed E-state index contributed by atoms with van der Waals surface area (Å²) < 4.78 is 22.9. The van der Waals surface area contributed by atoms with Crippen LogP contribution in [0.3, 0.4) is 0 Å². The highest BCUT2D eigenvalue weighted by atomic mass is 32.2. The highest BCUT2D eigenvalue weighted by molar-refractivity contribution is 7.89. The van der Waals surface area contributed by atoms with E-state index in [9.17, 15) is 32.4 Å². The van der Waals surface area contributed by atoms with Crippen molar-refractivity contribution in [3.05, 3.63) is 77.9 Å². The van der Waals surface area contributed by atoms with Crippen LogP contribution < -0.4 is 10.5 Å². The van der Waals surface area contributed by atoms with E-state index in [0.717, 1.165) is 10.8 Å². The van der Waals surface area contributed by atoms with Gasteiger partial charge in [-0.05, 0) is 53.1 Å². The summed E-state index contributed by atoms with van der Waals surface area (Å²) >= 11 is 0. The van der Waals surface area contributed by atoms with Crippen LogP contribution in [0.1, 0.15) is 76.7 Å². The maximum absolute atomic E-state index is 13.5. The van der Waals surface area contributed by atoms with Crippen LogP contribution in [0.4, 0.5) is 0 Å². The van der Waals surface area contributed by atoms with Gasteiger partial charge < -0.3 is 5.32 Å². The first kappa shape index (κ1) is 36.4. The van der Waals surface area contributed by atoms with E-state index in [-0.39, 0.29) is 48.1 Å². The number of Topliss-reactive ketones (excluding diaryl/α,β-unsaturated/α-hetero) is 4. The number of nitrogens with two attached hydrogens (primary N) is 1. The molecule has 0 unspecified atom stereocenters. The summed E-state index contributed by atoms with van der Waals surface area (Å²) in [7, 11) is -3.84. The van der Waals surface area contributed by atoms with Crippen LogP contribution in [0.15, 0.2) is 71.6 Å². The fourth-order valence-corrected chi connectivity index (χ4v) is 5.92. The molecule has 0 aliphatic carbocycles. The molecule has 0 aliphatic heterocycles. The molecule has 0 spiro atoms. The molecule has 1 amide bonds. The number of rotatable bonds is 15. The lowest BCUT2D eigenvalue weighted by Gasteiger charge is -2.30. The van der Waals surface area contributed by atoms with Crippen molar-refractivity contribution in [2.24, 2.45) is 28.3 Å². The smallest absolute Gasteiger partial charge is 0.238 e. The van der Waals surface area contributed by atoms with Gasteiger partial charge in [0.1, 0.15) is 0 Å². The van der Waals surface area contributed by atoms with Gasteiger partial charge in [0.25, 0.3) is 0 Å². The number of carbonyl (C=O) groups is 5. The van der Waals surface area contributed by atoms with E-state index >= 15 is 0 Å². The maximum atomic E-state index is 13.5. The van der Waals surface area contributed by atoms with Crippen molar-refractivity contribution in [3.8, 4) is 0 Å². The second-order valence-corrected chi connectivity index (χ2v) is 14.9. The van der Waals surface area contributed by atoms with Crippen molar-refractivity contribution in [3.63, 3.8) is 0 Å². The first-order chi connectivity index (χ1) is 21.4. The van der Waals surface area contributed by atoms with Gasteiger partial charge in [-0.2, -0.15) is 0 Å². The number of primary sulfonamides is 1. The molecule has 9 nitrogen and oxygen atoms in total. The number of aryl methyl sites for hydroxylation is 1. The molecule has 0 saturated carbocycles. The van der Waals surface area contributed by atoms with Gasteiger partial charge in [-0.15, -0.1) is 0 Å². The Kier molecular flexibility index (Phi) is 11.9. The summed E-state index contributed by atoms with van der Waals surface area (Å²) in [4.78, 5) is 66.2. The molecule has 3 N–H and O–H groups in total. The van der Waals surface area contributed by atoms with Crippen molar-refractivity contribution in [2.75, 3.05) is 0 Å². The lowest BCUT2D eigenvalue weighted by atomic mass is 9.76. The van der Waals surface area contributed by atoms with Crippen molar-refractivity contribution in [2.45, 2.75) is 78.2 Å². The molecule has 10 heteroatoms. The molecular formula is C36H44N2O7S. The fourth-order valence-electron chi connectivity index (χ4n) is 5.41. The number of amides is 1. The van der Waals surface area contributed by atoms with E-state index in [1.807, 2.05) is 57.2 Å². The Balaban J connectivity index is 1.64. The molecule has 246 valence electrons. The second-order valence-electron chi connectivity index (χ2n) is 13.3. The Morgan fingerprint density at radius 2 is 1.43 bits per heavy atom. The molecule has 0 aromatic heterocycles. The van der Waals surface area contributed by atoms with E-state index in [1.54, 1.807) is 26.8 Å². The van der Waals surface area contributed by atoms with Gasteiger partial charge in [0.05, 0.1) is 16.9 Å². The predicted molar refractivity (Wildman–Crippen MR) is 178 cm³/mol. The first-order valence-corrected chi connectivity index (χ1v) is 17.0. The number of carbonyl (C=O) groups excluding carboxylic acids is 5. The Hall–Kier alpha value is -4.02. The minimum atomic E-state index is -3.84. The molecule has 0 saturated heterocycles. The topological polar surface area (TPSA) is 158 Å². The van der Waals surface area contributed by atoms with Gasteiger partial charge in [0.15, 0.2) is 17.3 Å². The first-order valence-electron chi connectivity index (χ1n) is 15.4. The SMILES string of the molecule is CC(C)[C@H](CC(=O)[C@H](C)NC(=O)[C@@H](CC(=O)c1cccc2ccccc12)C(C)(C)C)C(=O)C(=O)CCc1ccc(S(N)(=O)=O)cc1. The lowest BCUT2D eigenvalue weighted by Crippen LogP contribution is -2.46. The molecule has 3 aromatic rings. The quantitative estimate of drug-likeness (QED) is 0.169. The van der Waals surface area contributed by atoms with Crippen LogP contribution in [-0.4, -0.2) is 43.5 Å². The van der Waals surface area contributed by atoms with Crippen molar-refractivity contribution >= 4 is 49.8 Å². The van der Waals surface area contributed by atoms with Crippen LogP contribution in [-0.2, 0) is 35.6 Å². The minimum Gasteiger partial charge on any atom is -0.346 e. The fraction of sp³-hybridized carbons (Fsp3) is 0.417. The van der Waals surface area contributed by atoms with Gasteiger partial charge in [0, 0.05) is 30.7 Å². The molecule has 0 heterocycles. The molecule has 0 bridgehead atoms. The van der Waals surface area contributed by atoms with Crippen LogP contribution >= 0.6 is 0 Å². The third-order valence-electron chi connectivity index (χ3n) is 8.41. The average Bonchev–Trinajstić information content (AvgIpc) is 2.99. The van der Waals surface area contributed by atoms with E-state index in [4.69, 9.17) is 5.14 Å². The zero-order valence-electron chi connectivity index (χ0n) is 27.3. The van der Waals surface area contributed by atoms with E-state index in [1.165, 1.54) is 24.3 Å². The number of sulfonamides is 1. The standard InChI is InChI=1S/C36H44N2O7S/c1-22(2)29(34(42)31(39)19-16-24-14-17-26(18-15-24)46(37,44)45)20-32(40)23(3)38-35(43)30(36(4,5)6)21-33(41)28-13-9-11-25-10-7-8-12-27(25)28/h7-15,17-18,22-23,29-30H,16,19-21H2,1-6H3,(H,38,43)(H2,37,44,45)/t23-,29-,30+/m0/s1. The minimum absolute atomic E-state index is 0.0450. The lowest BCUT2D eigenvalue weighted by molar-refractivity contribution is -0.141.